The molecule has 0 bridgehead atoms. The van der Waals surface area contributed by atoms with Crippen LogP contribution < -0.4 is 5.32 Å². The van der Waals surface area contributed by atoms with Crippen LogP contribution in [0, 0.1) is 0 Å². The molecule has 2 aliphatic heterocycles. The molecule has 0 spiro atoms. The molecule has 7 nitrogen and oxygen atoms in total. The standard InChI is InChI=1S/C20H28N4O3/c1-22(2)18(15-8-4-3-5-9-15)20(27)23-12-6-10-16(23)19(26)24-13-7-11-17(24)21-14-25/h3-5,8-9,14,16-18H,6-7,10-13H2,1-2H3,(H,21,25)/t16-,17?,18+/m0/s1. The van der Waals surface area contributed by atoms with Crippen molar-refractivity contribution in [2.75, 3.05) is 27.2 Å². The molecule has 146 valence electrons. The molecule has 7 heteroatoms. The smallest absolute Gasteiger partial charge is 0.247 e. The van der Waals surface area contributed by atoms with Crippen LogP contribution in [-0.4, -0.2) is 72.3 Å². The van der Waals surface area contributed by atoms with E-state index in [9.17, 15) is 14.4 Å². The van der Waals surface area contributed by atoms with Crippen molar-refractivity contribution in [3.8, 4) is 0 Å². The van der Waals surface area contributed by atoms with Gasteiger partial charge in [-0.25, -0.2) is 0 Å². The predicted octanol–water partition coefficient (Wildman–Crippen LogP) is 0.975. The van der Waals surface area contributed by atoms with Crippen LogP contribution in [0.2, 0.25) is 0 Å². The van der Waals surface area contributed by atoms with Crippen molar-refractivity contribution >= 4 is 18.2 Å². The number of nitrogens with one attached hydrogen (secondary N) is 1. The summed E-state index contributed by atoms with van der Waals surface area (Å²) in [6.07, 6.45) is 3.50. The molecule has 3 amide bonds. The summed E-state index contributed by atoms with van der Waals surface area (Å²) >= 11 is 0. The fourth-order valence-corrected chi connectivity index (χ4v) is 4.21. The zero-order valence-electron chi connectivity index (χ0n) is 16.0. The highest BCUT2D eigenvalue weighted by molar-refractivity contribution is 5.91. The highest BCUT2D eigenvalue weighted by atomic mass is 16.2. The van der Waals surface area contributed by atoms with Gasteiger partial charge in [0, 0.05) is 13.1 Å². The second kappa shape index (κ2) is 8.52. The third-order valence-electron chi connectivity index (χ3n) is 5.48. The minimum absolute atomic E-state index is 0.0406. The lowest BCUT2D eigenvalue weighted by Crippen LogP contribution is -2.53. The Hall–Kier alpha value is -2.41. The number of likely N-dealkylation sites (N-methyl/N-ethyl adjacent to an activating group) is 1. The summed E-state index contributed by atoms with van der Waals surface area (Å²) in [7, 11) is 3.76. The van der Waals surface area contributed by atoms with Crippen molar-refractivity contribution in [2.24, 2.45) is 0 Å². The van der Waals surface area contributed by atoms with Gasteiger partial charge >= 0.3 is 0 Å². The quantitative estimate of drug-likeness (QED) is 0.756. The molecular weight excluding hydrogens is 344 g/mol. The summed E-state index contributed by atoms with van der Waals surface area (Å²) in [5.74, 6) is -0.0931. The maximum Gasteiger partial charge on any atom is 0.247 e. The number of carbonyl (C=O) groups is 3. The van der Waals surface area contributed by atoms with Gasteiger partial charge < -0.3 is 15.1 Å². The Morgan fingerprint density at radius 3 is 2.44 bits per heavy atom. The molecule has 0 radical (unpaired) electrons. The van der Waals surface area contributed by atoms with Gasteiger partial charge in [-0.2, -0.15) is 0 Å². The van der Waals surface area contributed by atoms with Crippen LogP contribution in [0.1, 0.15) is 37.3 Å². The third-order valence-corrected chi connectivity index (χ3v) is 5.48. The molecule has 2 saturated heterocycles. The zero-order valence-corrected chi connectivity index (χ0v) is 16.0. The van der Waals surface area contributed by atoms with Crippen molar-refractivity contribution < 1.29 is 14.4 Å². The number of amides is 3. The summed E-state index contributed by atoms with van der Waals surface area (Å²) in [5, 5.41) is 2.72. The summed E-state index contributed by atoms with van der Waals surface area (Å²) in [6, 6.07) is 8.80. The Bertz CT molecular complexity index is 679. The Kier molecular flexibility index (Phi) is 6.11. The SMILES string of the molecule is CN(C)[C@@H](C(=O)N1CCC[C@H]1C(=O)N1CCCC1NC=O)c1ccccc1. The van der Waals surface area contributed by atoms with Crippen molar-refractivity contribution in [3.63, 3.8) is 0 Å². The highest BCUT2D eigenvalue weighted by Gasteiger charge is 2.42. The first-order chi connectivity index (χ1) is 13.0. The summed E-state index contributed by atoms with van der Waals surface area (Å²) in [4.78, 5) is 42.7. The number of hydrogen-bond donors (Lipinski definition) is 1. The maximum absolute atomic E-state index is 13.4. The second-order valence-electron chi connectivity index (χ2n) is 7.44. The van der Waals surface area contributed by atoms with Gasteiger partial charge in [-0.05, 0) is 45.3 Å². The summed E-state index contributed by atoms with van der Waals surface area (Å²) < 4.78 is 0. The molecule has 0 aliphatic carbocycles. The number of benzene rings is 1. The predicted molar refractivity (Wildman–Crippen MR) is 102 cm³/mol. The topological polar surface area (TPSA) is 73.0 Å². The lowest BCUT2D eigenvalue weighted by molar-refractivity contribution is -0.147. The average molecular weight is 372 g/mol. The molecule has 2 heterocycles. The number of rotatable bonds is 6. The first-order valence-electron chi connectivity index (χ1n) is 9.56. The van der Waals surface area contributed by atoms with E-state index in [1.165, 1.54) is 0 Å². The van der Waals surface area contributed by atoms with Gasteiger partial charge in [0.25, 0.3) is 0 Å². The number of nitrogens with zero attached hydrogens (tertiary/aromatic N) is 3. The first-order valence-corrected chi connectivity index (χ1v) is 9.56. The van der Waals surface area contributed by atoms with Crippen LogP contribution in [0.15, 0.2) is 30.3 Å². The van der Waals surface area contributed by atoms with Crippen LogP contribution in [0.5, 0.6) is 0 Å². The first kappa shape index (κ1) is 19.4. The van der Waals surface area contributed by atoms with Crippen LogP contribution in [0.4, 0.5) is 0 Å². The fraction of sp³-hybridized carbons (Fsp3) is 0.550. The number of carbonyl (C=O) groups excluding carboxylic acids is 3. The molecule has 3 rings (SSSR count). The largest absolute Gasteiger partial charge is 0.338 e. The Morgan fingerprint density at radius 2 is 1.78 bits per heavy atom. The number of likely N-dealkylation sites (tertiary alicyclic amines) is 2. The monoisotopic (exact) mass is 372 g/mol. The molecule has 3 atom stereocenters. The maximum atomic E-state index is 13.4. The van der Waals surface area contributed by atoms with E-state index in [-0.39, 0.29) is 18.0 Å². The van der Waals surface area contributed by atoms with E-state index in [2.05, 4.69) is 5.32 Å². The molecule has 1 aromatic carbocycles. The van der Waals surface area contributed by atoms with E-state index in [1.54, 1.807) is 9.80 Å². The van der Waals surface area contributed by atoms with Gasteiger partial charge in [0.15, 0.2) is 0 Å². The van der Waals surface area contributed by atoms with Crippen molar-refractivity contribution in [3.05, 3.63) is 35.9 Å². The molecule has 1 unspecified atom stereocenters. The van der Waals surface area contributed by atoms with E-state index < -0.39 is 12.1 Å². The van der Waals surface area contributed by atoms with E-state index in [4.69, 9.17) is 0 Å². The van der Waals surface area contributed by atoms with Gasteiger partial charge in [0.2, 0.25) is 18.2 Å². The lowest BCUT2D eigenvalue weighted by Gasteiger charge is -2.34. The summed E-state index contributed by atoms with van der Waals surface area (Å²) in [5.41, 5.74) is 0.923. The van der Waals surface area contributed by atoms with Crippen LogP contribution in [0.3, 0.4) is 0 Å². The third kappa shape index (κ3) is 3.98. The van der Waals surface area contributed by atoms with E-state index >= 15 is 0 Å². The molecular formula is C20H28N4O3. The van der Waals surface area contributed by atoms with Gasteiger partial charge in [-0.3, -0.25) is 19.3 Å². The summed E-state index contributed by atoms with van der Waals surface area (Å²) in [6.45, 7) is 1.21. The van der Waals surface area contributed by atoms with Crippen LogP contribution in [0.25, 0.3) is 0 Å². The second-order valence-corrected chi connectivity index (χ2v) is 7.44. The van der Waals surface area contributed by atoms with Gasteiger partial charge in [0.1, 0.15) is 18.2 Å². The molecule has 1 N–H and O–H groups in total. The lowest BCUT2D eigenvalue weighted by atomic mass is 10.0. The Labute approximate surface area is 160 Å². The minimum atomic E-state index is -0.447. The molecule has 2 fully saturated rings. The van der Waals surface area contributed by atoms with Crippen LogP contribution in [-0.2, 0) is 14.4 Å². The fourth-order valence-electron chi connectivity index (χ4n) is 4.21. The van der Waals surface area contributed by atoms with Crippen molar-refractivity contribution in [1.82, 2.24) is 20.0 Å². The van der Waals surface area contributed by atoms with E-state index in [0.29, 0.717) is 25.9 Å². The normalized spacial score (nSPS) is 23.5. The minimum Gasteiger partial charge on any atom is -0.338 e. The van der Waals surface area contributed by atoms with Gasteiger partial charge in [-0.15, -0.1) is 0 Å². The highest BCUT2D eigenvalue weighted by Crippen LogP contribution is 2.28. The molecule has 27 heavy (non-hydrogen) atoms. The van der Waals surface area contributed by atoms with Gasteiger partial charge in [-0.1, -0.05) is 30.3 Å². The zero-order chi connectivity index (χ0) is 19.4. The molecule has 0 aromatic heterocycles. The van der Waals surface area contributed by atoms with Crippen molar-refractivity contribution in [2.45, 2.75) is 43.9 Å². The Balaban J connectivity index is 1.79. The molecule has 0 saturated carbocycles. The van der Waals surface area contributed by atoms with Crippen LogP contribution >= 0.6 is 0 Å². The van der Waals surface area contributed by atoms with Crippen molar-refractivity contribution in [1.29, 1.82) is 0 Å². The Morgan fingerprint density at radius 1 is 1.11 bits per heavy atom. The molecule has 1 aromatic rings. The number of hydrogen-bond acceptors (Lipinski definition) is 4. The molecule has 2 aliphatic rings. The van der Waals surface area contributed by atoms with E-state index in [0.717, 1.165) is 24.8 Å². The average Bonchev–Trinajstić information content (AvgIpc) is 3.31. The van der Waals surface area contributed by atoms with E-state index in [1.807, 2.05) is 49.3 Å². The van der Waals surface area contributed by atoms with Gasteiger partial charge in [0.05, 0.1) is 0 Å².